The molecule has 1 saturated heterocycles. The van der Waals surface area contributed by atoms with Gasteiger partial charge >= 0.3 is 0 Å². The van der Waals surface area contributed by atoms with Gasteiger partial charge in [0.05, 0.1) is 23.1 Å². The summed E-state index contributed by atoms with van der Waals surface area (Å²) in [6.07, 6.45) is 1.18. The quantitative estimate of drug-likeness (QED) is 0.609. The van der Waals surface area contributed by atoms with Crippen molar-refractivity contribution >= 4 is 21.8 Å². The van der Waals surface area contributed by atoms with Gasteiger partial charge in [-0.15, -0.1) is 0 Å². The van der Waals surface area contributed by atoms with Crippen LogP contribution in [0.25, 0.3) is 0 Å². The fourth-order valence-electron chi connectivity index (χ4n) is 1.71. The van der Waals surface area contributed by atoms with E-state index < -0.39 is 0 Å². The van der Waals surface area contributed by atoms with Crippen LogP contribution in [0.1, 0.15) is 6.42 Å². The van der Waals surface area contributed by atoms with E-state index in [1.54, 1.807) is 0 Å². The van der Waals surface area contributed by atoms with E-state index in [2.05, 4.69) is 21.2 Å². The number of fused-ring (bicyclic) bond motifs is 2. The van der Waals surface area contributed by atoms with Gasteiger partial charge in [-0.1, -0.05) is 15.9 Å². The van der Waals surface area contributed by atoms with E-state index in [4.69, 9.17) is 0 Å². The summed E-state index contributed by atoms with van der Waals surface area (Å²) in [7, 11) is 0. The molecule has 1 aliphatic carbocycles. The molecule has 2 bridgehead atoms. The third-order valence-corrected chi connectivity index (χ3v) is 3.50. The highest BCUT2D eigenvalue weighted by Gasteiger charge is 2.49. The SMILES string of the molecule is O=C1N[C@@H]2C(=CF)C[C@H]1[C@H]2Br. The first-order chi connectivity index (χ1) is 5.24. The predicted molar refractivity (Wildman–Crippen MR) is 41.9 cm³/mol. The van der Waals surface area contributed by atoms with Crippen molar-refractivity contribution in [1.82, 2.24) is 5.32 Å². The molecule has 2 fully saturated rings. The number of carbonyl (C=O) groups excluding carboxylic acids is 1. The second-order valence-corrected chi connectivity index (χ2v) is 3.98. The monoisotopic (exact) mass is 219 g/mol. The van der Waals surface area contributed by atoms with Crippen molar-refractivity contribution < 1.29 is 9.18 Å². The smallest absolute Gasteiger partial charge is 0.225 e. The summed E-state index contributed by atoms with van der Waals surface area (Å²) in [5.74, 6) is -0.00975. The maximum Gasteiger partial charge on any atom is 0.225 e. The zero-order valence-electron chi connectivity index (χ0n) is 5.68. The molecule has 0 aromatic rings. The van der Waals surface area contributed by atoms with E-state index in [0.717, 1.165) is 0 Å². The average Bonchev–Trinajstić information content (AvgIpc) is 2.43. The van der Waals surface area contributed by atoms with Gasteiger partial charge in [0.25, 0.3) is 0 Å². The summed E-state index contributed by atoms with van der Waals surface area (Å²) in [4.78, 5) is 11.1. The van der Waals surface area contributed by atoms with Crippen molar-refractivity contribution in [3.05, 3.63) is 11.9 Å². The van der Waals surface area contributed by atoms with Gasteiger partial charge in [0.2, 0.25) is 5.91 Å². The number of halogens is 2. The van der Waals surface area contributed by atoms with Gasteiger partial charge < -0.3 is 5.32 Å². The van der Waals surface area contributed by atoms with Gasteiger partial charge in [0.1, 0.15) is 0 Å². The Kier molecular flexibility index (Phi) is 1.52. The Morgan fingerprint density at radius 1 is 1.73 bits per heavy atom. The maximum atomic E-state index is 12.1. The highest BCUT2D eigenvalue weighted by Crippen LogP contribution is 2.40. The van der Waals surface area contributed by atoms with E-state index in [0.29, 0.717) is 18.3 Å². The first-order valence-corrected chi connectivity index (χ1v) is 4.39. The molecule has 4 heteroatoms. The number of alkyl halides is 1. The van der Waals surface area contributed by atoms with Crippen LogP contribution in [-0.2, 0) is 4.79 Å². The summed E-state index contributed by atoms with van der Waals surface area (Å²) >= 11 is 3.36. The molecular formula is C7H7BrFNO. The summed E-state index contributed by atoms with van der Waals surface area (Å²) in [6, 6.07) is -0.0995. The normalized spacial score (nSPS) is 45.1. The third kappa shape index (κ3) is 0.851. The number of rotatable bonds is 0. The summed E-state index contributed by atoms with van der Waals surface area (Å²) in [5.41, 5.74) is 0.705. The lowest BCUT2D eigenvalue weighted by molar-refractivity contribution is -0.122. The van der Waals surface area contributed by atoms with Crippen LogP contribution < -0.4 is 5.32 Å². The van der Waals surface area contributed by atoms with Gasteiger partial charge in [0, 0.05) is 0 Å². The van der Waals surface area contributed by atoms with Crippen molar-refractivity contribution in [1.29, 1.82) is 0 Å². The zero-order valence-corrected chi connectivity index (χ0v) is 7.27. The van der Waals surface area contributed by atoms with E-state index in [9.17, 15) is 9.18 Å². The molecule has 60 valence electrons. The Balaban J connectivity index is 2.30. The summed E-state index contributed by atoms with van der Waals surface area (Å²) in [5, 5.41) is 2.71. The van der Waals surface area contributed by atoms with Crippen molar-refractivity contribution in [3.63, 3.8) is 0 Å². The second-order valence-electron chi connectivity index (χ2n) is 2.93. The minimum atomic E-state index is -0.0995. The molecule has 1 N–H and O–H groups in total. The van der Waals surface area contributed by atoms with Crippen LogP contribution in [0, 0.1) is 5.92 Å². The van der Waals surface area contributed by atoms with Crippen molar-refractivity contribution in [2.75, 3.05) is 0 Å². The third-order valence-electron chi connectivity index (χ3n) is 2.33. The maximum absolute atomic E-state index is 12.1. The molecule has 0 aromatic carbocycles. The van der Waals surface area contributed by atoms with Crippen LogP contribution in [0.2, 0.25) is 0 Å². The van der Waals surface area contributed by atoms with E-state index >= 15 is 0 Å². The van der Waals surface area contributed by atoms with Crippen molar-refractivity contribution in [3.8, 4) is 0 Å². The number of hydrogen-bond acceptors (Lipinski definition) is 1. The number of amides is 1. The lowest BCUT2D eigenvalue weighted by Gasteiger charge is -2.12. The van der Waals surface area contributed by atoms with Gasteiger partial charge in [-0.05, 0) is 12.0 Å². The molecule has 1 heterocycles. The molecule has 1 aliphatic heterocycles. The number of nitrogens with one attached hydrogen (secondary N) is 1. The van der Waals surface area contributed by atoms with E-state index in [-0.39, 0.29) is 22.7 Å². The molecule has 11 heavy (non-hydrogen) atoms. The summed E-state index contributed by atoms with van der Waals surface area (Å²) < 4.78 is 12.1. The number of piperidine rings is 1. The number of carbonyl (C=O) groups is 1. The van der Waals surface area contributed by atoms with Crippen LogP contribution in [0.15, 0.2) is 11.9 Å². The molecule has 0 radical (unpaired) electrons. The van der Waals surface area contributed by atoms with Crippen LogP contribution in [0.4, 0.5) is 4.39 Å². The van der Waals surface area contributed by atoms with Crippen LogP contribution in [-0.4, -0.2) is 16.8 Å². The minimum absolute atomic E-state index is 0.0440. The molecule has 1 amide bonds. The molecule has 0 unspecified atom stereocenters. The average molecular weight is 220 g/mol. The lowest BCUT2D eigenvalue weighted by Crippen LogP contribution is -2.32. The molecule has 0 spiro atoms. The zero-order chi connectivity index (χ0) is 8.01. The Labute approximate surface area is 72.0 Å². The Morgan fingerprint density at radius 2 is 2.45 bits per heavy atom. The molecule has 3 atom stereocenters. The largest absolute Gasteiger partial charge is 0.348 e. The predicted octanol–water partition coefficient (Wildman–Crippen LogP) is 1.12. The Bertz CT molecular complexity index is 241. The van der Waals surface area contributed by atoms with Crippen molar-refractivity contribution in [2.45, 2.75) is 17.3 Å². The molecule has 0 aromatic heterocycles. The fraction of sp³-hybridized carbons (Fsp3) is 0.571. The van der Waals surface area contributed by atoms with Crippen LogP contribution >= 0.6 is 15.9 Å². The highest BCUT2D eigenvalue weighted by molar-refractivity contribution is 9.09. The van der Waals surface area contributed by atoms with Gasteiger partial charge in [-0.3, -0.25) is 4.79 Å². The van der Waals surface area contributed by atoms with Gasteiger partial charge in [-0.2, -0.15) is 0 Å². The molecule has 2 aliphatic rings. The van der Waals surface area contributed by atoms with E-state index in [1.807, 2.05) is 0 Å². The second kappa shape index (κ2) is 2.30. The molecule has 1 saturated carbocycles. The Hall–Kier alpha value is -0.380. The summed E-state index contributed by atoms with van der Waals surface area (Å²) in [6.45, 7) is 0. The lowest BCUT2D eigenvalue weighted by atomic mass is 10.1. The first kappa shape index (κ1) is 7.28. The molecule has 2 rings (SSSR count). The molecular weight excluding hydrogens is 213 g/mol. The Morgan fingerprint density at radius 3 is 2.82 bits per heavy atom. The first-order valence-electron chi connectivity index (χ1n) is 3.47. The van der Waals surface area contributed by atoms with E-state index in [1.165, 1.54) is 0 Å². The highest BCUT2D eigenvalue weighted by atomic mass is 79.9. The standard InChI is InChI=1S/C7H7BrFNO/c8-5-4-1-3(2-9)6(5)10-7(4)11/h2,4-6H,1H2,(H,10,11)/t4-,5+,6+/m0/s1. The van der Waals surface area contributed by atoms with Crippen molar-refractivity contribution in [2.24, 2.45) is 5.92 Å². The molecule has 2 nitrogen and oxygen atoms in total. The van der Waals surface area contributed by atoms with Gasteiger partial charge in [0.15, 0.2) is 0 Å². The minimum Gasteiger partial charge on any atom is -0.348 e. The van der Waals surface area contributed by atoms with Crippen LogP contribution in [0.5, 0.6) is 0 Å². The fourth-order valence-corrected chi connectivity index (χ4v) is 2.61. The number of hydrogen-bond donors (Lipinski definition) is 1. The van der Waals surface area contributed by atoms with Gasteiger partial charge in [-0.25, -0.2) is 4.39 Å². The topological polar surface area (TPSA) is 29.1 Å². The van der Waals surface area contributed by atoms with Crippen LogP contribution in [0.3, 0.4) is 0 Å².